The molecule has 0 heterocycles. The molecule has 0 radical (unpaired) electrons. The summed E-state index contributed by atoms with van der Waals surface area (Å²) in [4.78, 5) is 12.1. The van der Waals surface area contributed by atoms with Crippen LogP contribution in [-0.2, 0) is 0 Å². The molecule has 2 rings (SSSR count). The Bertz CT molecular complexity index is 656. The van der Waals surface area contributed by atoms with Gasteiger partial charge in [0.25, 0.3) is 5.91 Å². The molecular formula is C15H15ClN2O2. The summed E-state index contributed by atoms with van der Waals surface area (Å²) < 4.78 is 5.12. The van der Waals surface area contributed by atoms with Crippen LogP contribution in [0.15, 0.2) is 36.4 Å². The van der Waals surface area contributed by atoms with Crippen LogP contribution in [0.3, 0.4) is 0 Å². The van der Waals surface area contributed by atoms with Crippen molar-refractivity contribution < 1.29 is 9.53 Å². The lowest BCUT2D eigenvalue weighted by atomic mass is 10.1. The molecule has 1 amide bonds. The number of amides is 1. The Morgan fingerprint density at radius 1 is 1.25 bits per heavy atom. The molecular weight excluding hydrogens is 276 g/mol. The summed E-state index contributed by atoms with van der Waals surface area (Å²) >= 11 is 5.91. The Balaban J connectivity index is 2.21. The van der Waals surface area contributed by atoms with Crippen molar-refractivity contribution in [3.63, 3.8) is 0 Å². The summed E-state index contributed by atoms with van der Waals surface area (Å²) in [5.41, 5.74) is 8.17. The van der Waals surface area contributed by atoms with Gasteiger partial charge in [-0.2, -0.15) is 0 Å². The van der Waals surface area contributed by atoms with Crippen LogP contribution in [0.2, 0.25) is 5.02 Å². The highest BCUT2D eigenvalue weighted by Gasteiger charge is 2.09. The number of hydrogen-bond acceptors (Lipinski definition) is 3. The van der Waals surface area contributed by atoms with E-state index in [1.807, 2.05) is 13.0 Å². The van der Waals surface area contributed by atoms with E-state index in [0.29, 0.717) is 16.3 Å². The number of ether oxygens (including phenoxy) is 1. The fourth-order valence-electron chi connectivity index (χ4n) is 1.77. The molecule has 20 heavy (non-hydrogen) atoms. The van der Waals surface area contributed by atoms with Crippen molar-refractivity contribution >= 4 is 28.9 Å². The van der Waals surface area contributed by atoms with Gasteiger partial charge in [0.1, 0.15) is 5.75 Å². The van der Waals surface area contributed by atoms with Crippen LogP contribution in [0.4, 0.5) is 11.4 Å². The fraction of sp³-hybridized carbons (Fsp3) is 0.133. The van der Waals surface area contributed by atoms with E-state index in [1.165, 1.54) is 0 Å². The molecule has 3 N–H and O–H groups in total. The second-order valence-electron chi connectivity index (χ2n) is 4.37. The van der Waals surface area contributed by atoms with Gasteiger partial charge in [-0.15, -0.1) is 0 Å². The lowest BCUT2D eigenvalue weighted by molar-refractivity contribution is 0.102. The highest BCUT2D eigenvalue weighted by Crippen LogP contribution is 2.23. The van der Waals surface area contributed by atoms with Gasteiger partial charge >= 0.3 is 0 Å². The van der Waals surface area contributed by atoms with Crippen LogP contribution in [-0.4, -0.2) is 13.0 Å². The molecule has 104 valence electrons. The molecule has 5 heteroatoms. The van der Waals surface area contributed by atoms with Crippen molar-refractivity contribution in [3.8, 4) is 5.75 Å². The Hall–Kier alpha value is -2.20. The molecule has 0 bridgehead atoms. The van der Waals surface area contributed by atoms with E-state index in [4.69, 9.17) is 22.1 Å². The number of rotatable bonds is 3. The minimum absolute atomic E-state index is 0.236. The van der Waals surface area contributed by atoms with Gasteiger partial charge in [-0.25, -0.2) is 0 Å². The maximum atomic E-state index is 12.1. The van der Waals surface area contributed by atoms with Crippen molar-refractivity contribution in [1.82, 2.24) is 0 Å². The molecule has 0 saturated carbocycles. The fourth-order valence-corrected chi connectivity index (χ4v) is 1.95. The molecule has 0 fully saturated rings. The van der Waals surface area contributed by atoms with Gasteiger partial charge < -0.3 is 15.8 Å². The number of hydrogen-bond donors (Lipinski definition) is 2. The van der Waals surface area contributed by atoms with Crippen LogP contribution in [0, 0.1) is 6.92 Å². The van der Waals surface area contributed by atoms with E-state index in [-0.39, 0.29) is 5.91 Å². The van der Waals surface area contributed by atoms with E-state index in [0.717, 1.165) is 17.0 Å². The number of carbonyl (C=O) groups is 1. The SMILES string of the molecule is COc1ccc(NC(=O)c2ccc(N)c(Cl)c2)c(C)c1. The van der Waals surface area contributed by atoms with Gasteiger partial charge in [-0.3, -0.25) is 4.79 Å². The first-order valence-corrected chi connectivity index (χ1v) is 6.40. The molecule has 0 atom stereocenters. The van der Waals surface area contributed by atoms with Crippen LogP contribution >= 0.6 is 11.6 Å². The average molecular weight is 291 g/mol. The normalized spacial score (nSPS) is 10.2. The number of nitrogen functional groups attached to an aromatic ring is 1. The molecule has 0 aliphatic rings. The minimum atomic E-state index is -0.236. The third-order valence-corrected chi connectivity index (χ3v) is 3.27. The largest absolute Gasteiger partial charge is 0.497 e. The molecule has 0 aliphatic heterocycles. The van der Waals surface area contributed by atoms with Gasteiger partial charge in [0.15, 0.2) is 0 Å². The third kappa shape index (κ3) is 3.03. The molecule has 0 spiro atoms. The molecule has 0 unspecified atom stereocenters. The quantitative estimate of drug-likeness (QED) is 0.851. The Morgan fingerprint density at radius 3 is 2.60 bits per heavy atom. The van der Waals surface area contributed by atoms with Gasteiger partial charge in [0.2, 0.25) is 0 Å². The number of aryl methyl sites for hydroxylation is 1. The maximum absolute atomic E-state index is 12.1. The first kappa shape index (κ1) is 14.2. The van der Waals surface area contributed by atoms with E-state index in [1.54, 1.807) is 37.4 Å². The van der Waals surface area contributed by atoms with Gasteiger partial charge in [-0.1, -0.05) is 11.6 Å². The topological polar surface area (TPSA) is 64.3 Å². The number of halogens is 1. The molecule has 0 saturated heterocycles. The van der Waals surface area contributed by atoms with E-state index in [2.05, 4.69) is 5.32 Å². The molecule has 2 aromatic carbocycles. The average Bonchev–Trinajstić information content (AvgIpc) is 2.43. The van der Waals surface area contributed by atoms with Crippen molar-refractivity contribution in [2.45, 2.75) is 6.92 Å². The lowest BCUT2D eigenvalue weighted by Crippen LogP contribution is -2.13. The van der Waals surface area contributed by atoms with Crippen LogP contribution < -0.4 is 15.8 Å². The Labute approximate surface area is 122 Å². The van der Waals surface area contributed by atoms with Gasteiger partial charge in [0, 0.05) is 11.3 Å². The standard InChI is InChI=1S/C15H15ClN2O2/c1-9-7-11(20-2)4-6-14(9)18-15(19)10-3-5-13(17)12(16)8-10/h3-8H,17H2,1-2H3,(H,18,19). The second-order valence-corrected chi connectivity index (χ2v) is 4.78. The zero-order valence-corrected chi connectivity index (χ0v) is 12.0. The van der Waals surface area contributed by atoms with E-state index >= 15 is 0 Å². The number of nitrogens with one attached hydrogen (secondary N) is 1. The Morgan fingerprint density at radius 2 is 2.00 bits per heavy atom. The van der Waals surface area contributed by atoms with Crippen molar-refractivity contribution in [2.75, 3.05) is 18.2 Å². The third-order valence-electron chi connectivity index (χ3n) is 2.94. The summed E-state index contributed by atoms with van der Waals surface area (Å²) in [6, 6.07) is 10.2. The van der Waals surface area contributed by atoms with E-state index < -0.39 is 0 Å². The van der Waals surface area contributed by atoms with Gasteiger partial charge in [0.05, 0.1) is 17.8 Å². The van der Waals surface area contributed by atoms with Crippen molar-refractivity contribution in [3.05, 3.63) is 52.5 Å². The smallest absolute Gasteiger partial charge is 0.255 e. The summed E-state index contributed by atoms with van der Waals surface area (Å²) in [5, 5.41) is 3.20. The molecule has 4 nitrogen and oxygen atoms in total. The molecule has 2 aromatic rings. The van der Waals surface area contributed by atoms with Crippen LogP contribution in [0.1, 0.15) is 15.9 Å². The number of carbonyl (C=O) groups excluding carboxylic acids is 1. The van der Waals surface area contributed by atoms with Crippen molar-refractivity contribution in [2.24, 2.45) is 0 Å². The highest BCUT2D eigenvalue weighted by atomic mass is 35.5. The van der Waals surface area contributed by atoms with Crippen LogP contribution in [0.5, 0.6) is 5.75 Å². The molecule has 0 aromatic heterocycles. The summed E-state index contributed by atoms with van der Waals surface area (Å²) in [6.07, 6.45) is 0. The van der Waals surface area contributed by atoms with Crippen LogP contribution in [0.25, 0.3) is 0 Å². The maximum Gasteiger partial charge on any atom is 0.255 e. The first-order chi connectivity index (χ1) is 9.51. The minimum Gasteiger partial charge on any atom is -0.497 e. The number of anilines is 2. The summed E-state index contributed by atoms with van der Waals surface area (Å²) in [6.45, 7) is 1.90. The second kappa shape index (κ2) is 5.84. The lowest BCUT2D eigenvalue weighted by Gasteiger charge is -2.10. The predicted molar refractivity (Wildman–Crippen MR) is 81.5 cm³/mol. The summed E-state index contributed by atoms with van der Waals surface area (Å²) in [5.74, 6) is 0.510. The summed E-state index contributed by atoms with van der Waals surface area (Å²) in [7, 11) is 1.60. The van der Waals surface area contributed by atoms with Crippen molar-refractivity contribution in [1.29, 1.82) is 0 Å². The number of benzene rings is 2. The first-order valence-electron chi connectivity index (χ1n) is 6.02. The number of nitrogens with two attached hydrogens (primary N) is 1. The highest BCUT2D eigenvalue weighted by molar-refractivity contribution is 6.33. The predicted octanol–water partition coefficient (Wildman–Crippen LogP) is 3.49. The zero-order chi connectivity index (χ0) is 14.7. The Kier molecular flexibility index (Phi) is 4.15. The van der Waals surface area contributed by atoms with E-state index in [9.17, 15) is 4.79 Å². The number of methoxy groups -OCH3 is 1. The van der Waals surface area contributed by atoms with Gasteiger partial charge in [-0.05, 0) is 48.9 Å². The molecule has 0 aliphatic carbocycles. The monoisotopic (exact) mass is 290 g/mol. The zero-order valence-electron chi connectivity index (χ0n) is 11.2.